The van der Waals surface area contributed by atoms with Gasteiger partial charge in [-0.1, -0.05) is 23.7 Å². The molecule has 8 heteroatoms. The van der Waals surface area contributed by atoms with E-state index in [1.54, 1.807) is 17.0 Å². The van der Waals surface area contributed by atoms with Crippen LogP contribution in [-0.4, -0.2) is 47.5 Å². The smallest absolute Gasteiger partial charge is 0.242 e. The standard InChI is InChI=1S/C20H23ClN4O2.ClH/c1-22-11-12-24(2)20(26)13-25-18-6-4-3-5-17(18)23-19(25)14-27-16-9-7-15(21)8-10-16;/h3-10,22H,11-14H2,1-2H3;1H. The van der Waals surface area contributed by atoms with Crippen molar-refractivity contribution < 1.29 is 9.53 Å². The summed E-state index contributed by atoms with van der Waals surface area (Å²) in [5.74, 6) is 1.44. The summed E-state index contributed by atoms with van der Waals surface area (Å²) >= 11 is 5.91. The minimum Gasteiger partial charge on any atom is -0.486 e. The molecule has 28 heavy (non-hydrogen) atoms. The molecule has 2 aromatic carbocycles. The lowest BCUT2D eigenvalue weighted by atomic mass is 10.3. The average Bonchev–Trinajstić information content (AvgIpc) is 3.03. The zero-order valence-corrected chi connectivity index (χ0v) is 17.5. The molecule has 1 amide bonds. The van der Waals surface area contributed by atoms with Gasteiger partial charge in [-0.15, -0.1) is 12.4 Å². The lowest BCUT2D eigenvalue weighted by molar-refractivity contribution is -0.130. The van der Waals surface area contributed by atoms with Gasteiger partial charge in [0.25, 0.3) is 0 Å². The number of carbonyl (C=O) groups is 1. The molecular formula is C20H24Cl2N4O2. The van der Waals surface area contributed by atoms with Crippen LogP contribution in [-0.2, 0) is 17.9 Å². The maximum absolute atomic E-state index is 12.6. The normalized spacial score (nSPS) is 10.5. The number of rotatable bonds is 8. The number of ether oxygens (including phenoxy) is 1. The fourth-order valence-electron chi connectivity index (χ4n) is 2.75. The van der Waals surface area contributed by atoms with E-state index in [0.717, 1.165) is 17.6 Å². The number of nitrogens with zero attached hydrogens (tertiary/aromatic N) is 3. The molecule has 1 heterocycles. The number of aromatic nitrogens is 2. The number of carbonyl (C=O) groups excluding carboxylic acids is 1. The topological polar surface area (TPSA) is 59.4 Å². The summed E-state index contributed by atoms with van der Waals surface area (Å²) in [7, 11) is 3.68. The van der Waals surface area contributed by atoms with Crippen molar-refractivity contribution in [2.45, 2.75) is 13.2 Å². The number of benzene rings is 2. The van der Waals surface area contributed by atoms with E-state index < -0.39 is 0 Å². The molecule has 0 atom stereocenters. The third-order valence-corrected chi connectivity index (χ3v) is 4.58. The lowest BCUT2D eigenvalue weighted by Crippen LogP contribution is -2.35. The second kappa shape index (κ2) is 10.3. The predicted octanol–water partition coefficient (Wildman–Crippen LogP) is 3.37. The zero-order chi connectivity index (χ0) is 19.2. The Balaban J connectivity index is 0.00000280. The van der Waals surface area contributed by atoms with Gasteiger partial charge in [-0.2, -0.15) is 0 Å². The van der Waals surface area contributed by atoms with Crippen LogP contribution < -0.4 is 10.1 Å². The Bertz CT molecular complexity index is 912. The van der Waals surface area contributed by atoms with Gasteiger partial charge in [0.05, 0.1) is 11.0 Å². The van der Waals surface area contributed by atoms with Crippen LogP contribution in [0, 0.1) is 0 Å². The summed E-state index contributed by atoms with van der Waals surface area (Å²) < 4.78 is 7.77. The van der Waals surface area contributed by atoms with E-state index in [1.165, 1.54) is 0 Å². The van der Waals surface area contributed by atoms with E-state index >= 15 is 0 Å². The first-order valence-electron chi connectivity index (χ1n) is 8.79. The molecule has 1 aromatic heterocycles. The minimum absolute atomic E-state index is 0. The molecule has 6 nitrogen and oxygen atoms in total. The molecule has 3 rings (SSSR count). The molecule has 0 aliphatic carbocycles. The number of fused-ring (bicyclic) bond motifs is 1. The number of likely N-dealkylation sites (N-methyl/N-ethyl adjacent to an activating group) is 2. The zero-order valence-electron chi connectivity index (χ0n) is 15.9. The predicted molar refractivity (Wildman–Crippen MR) is 114 cm³/mol. The summed E-state index contributed by atoms with van der Waals surface area (Å²) in [6.45, 7) is 1.89. The van der Waals surface area contributed by atoms with Gasteiger partial charge in [0.15, 0.2) is 0 Å². The monoisotopic (exact) mass is 422 g/mol. The number of imidazole rings is 1. The Morgan fingerprint density at radius 1 is 1.21 bits per heavy atom. The van der Waals surface area contributed by atoms with Crippen LogP contribution in [0.4, 0.5) is 0 Å². The Hall–Kier alpha value is -2.28. The maximum atomic E-state index is 12.6. The Morgan fingerprint density at radius 2 is 1.93 bits per heavy atom. The van der Waals surface area contributed by atoms with Gasteiger partial charge < -0.3 is 19.5 Å². The number of nitrogens with one attached hydrogen (secondary N) is 1. The first-order chi connectivity index (χ1) is 13.1. The quantitative estimate of drug-likeness (QED) is 0.604. The highest BCUT2D eigenvalue weighted by molar-refractivity contribution is 6.30. The largest absolute Gasteiger partial charge is 0.486 e. The first kappa shape index (κ1) is 22.0. The van der Waals surface area contributed by atoms with E-state index in [0.29, 0.717) is 23.1 Å². The van der Waals surface area contributed by atoms with Gasteiger partial charge in [-0.05, 0) is 43.4 Å². The van der Waals surface area contributed by atoms with Crippen molar-refractivity contribution in [3.8, 4) is 5.75 Å². The third-order valence-electron chi connectivity index (χ3n) is 4.33. The molecule has 0 radical (unpaired) electrons. The van der Waals surface area contributed by atoms with Crippen molar-refractivity contribution in [3.05, 3.63) is 59.4 Å². The van der Waals surface area contributed by atoms with Crippen molar-refractivity contribution >= 4 is 40.9 Å². The second-order valence-corrected chi connectivity index (χ2v) is 6.70. The summed E-state index contributed by atoms with van der Waals surface area (Å²) in [6, 6.07) is 15.0. The molecule has 0 unspecified atom stereocenters. The van der Waals surface area contributed by atoms with Crippen molar-refractivity contribution in [1.82, 2.24) is 19.8 Å². The van der Waals surface area contributed by atoms with E-state index in [9.17, 15) is 4.79 Å². The molecule has 0 saturated carbocycles. The van der Waals surface area contributed by atoms with E-state index in [4.69, 9.17) is 16.3 Å². The lowest BCUT2D eigenvalue weighted by Gasteiger charge is -2.18. The number of halogens is 2. The highest BCUT2D eigenvalue weighted by Gasteiger charge is 2.16. The van der Waals surface area contributed by atoms with Gasteiger partial charge in [0.2, 0.25) is 5.91 Å². The molecule has 0 aliphatic heterocycles. The summed E-state index contributed by atoms with van der Waals surface area (Å²) in [4.78, 5) is 19.0. The van der Waals surface area contributed by atoms with Crippen LogP contribution in [0.15, 0.2) is 48.5 Å². The summed E-state index contributed by atoms with van der Waals surface area (Å²) in [6.07, 6.45) is 0. The van der Waals surface area contributed by atoms with Gasteiger partial charge in [0.1, 0.15) is 24.7 Å². The van der Waals surface area contributed by atoms with Gasteiger partial charge in [0, 0.05) is 25.2 Å². The highest BCUT2D eigenvalue weighted by atomic mass is 35.5. The van der Waals surface area contributed by atoms with Crippen LogP contribution in [0.1, 0.15) is 5.82 Å². The number of hydrogen-bond donors (Lipinski definition) is 1. The molecule has 0 bridgehead atoms. The van der Waals surface area contributed by atoms with E-state index in [-0.39, 0.29) is 31.5 Å². The SMILES string of the molecule is CNCCN(C)C(=O)Cn1c(COc2ccc(Cl)cc2)nc2ccccc21.Cl. The van der Waals surface area contributed by atoms with Gasteiger partial charge in [-0.25, -0.2) is 4.98 Å². The maximum Gasteiger partial charge on any atom is 0.242 e. The van der Waals surface area contributed by atoms with Crippen LogP contribution in [0.3, 0.4) is 0 Å². The fraction of sp³-hybridized carbons (Fsp3) is 0.300. The van der Waals surface area contributed by atoms with Crippen molar-refractivity contribution in [3.63, 3.8) is 0 Å². The molecule has 0 fully saturated rings. The highest BCUT2D eigenvalue weighted by Crippen LogP contribution is 2.20. The molecule has 0 saturated heterocycles. The number of para-hydroxylation sites is 2. The van der Waals surface area contributed by atoms with Crippen LogP contribution in [0.25, 0.3) is 11.0 Å². The van der Waals surface area contributed by atoms with Gasteiger partial charge in [-0.3, -0.25) is 4.79 Å². The van der Waals surface area contributed by atoms with Gasteiger partial charge >= 0.3 is 0 Å². The van der Waals surface area contributed by atoms with E-state index in [1.807, 2.05) is 55.1 Å². The van der Waals surface area contributed by atoms with Crippen molar-refractivity contribution in [1.29, 1.82) is 0 Å². The Kier molecular flexibility index (Phi) is 8.11. The van der Waals surface area contributed by atoms with E-state index in [2.05, 4.69) is 10.3 Å². The fourth-order valence-corrected chi connectivity index (χ4v) is 2.88. The third kappa shape index (κ3) is 5.38. The minimum atomic E-state index is 0. The average molecular weight is 423 g/mol. The van der Waals surface area contributed by atoms with Crippen molar-refractivity contribution in [2.75, 3.05) is 27.2 Å². The summed E-state index contributed by atoms with van der Waals surface area (Å²) in [5, 5.41) is 3.71. The van der Waals surface area contributed by atoms with Crippen LogP contribution in [0.2, 0.25) is 5.02 Å². The summed E-state index contributed by atoms with van der Waals surface area (Å²) in [5.41, 5.74) is 1.76. The van der Waals surface area contributed by atoms with Crippen LogP contribution >= 0.6 is 24.0 Å². The molecule has 3 aromatic rings. The number of hydrogen-bond acceptors (Lipinski definition) is 4. The Labute approximate surface area is 175 Å². The second-order valence-electron chi connectivity index (χ2n) is 6.26. The first-order valence-corrected chi connectivity index (χ1v) is 9.17. The molecule has 1 N–H and O–H groups in total. The number of amides is 1. The molecule has 0 aliphatic rings. The molecule has 150 valence electrons. The Morgan fingerprint density at radius 3 is 2.64 bits per heavy atom. The molecule has 0 spiro atoms. The van der Waals surface area contributed by atoms with Crippen molar-refractivity contribution in [2.24, 2.45) is 0 Å². The van der Waals surface area contributed by atoms with Crippen LogP contribution in [0.5, 0.6) is 5.75 Å². The molecular weight excluding hydrogens is 399 g/mol.